The molecule has 18 heavy (non-hydrogen) atoms. The van der Waals surface area contributed by atoms with E-state index in [2.05, 4.69) is 0 Å². The van der Waals surface area contributed by atoms with Crippen LogP contribution in [0.1, 0.15) is 6.92 Å². The monoisotopic (exact) mass is 260 g/mol. The first-order chi connectivity index (χ1) is 8.69. The van der Waals surface area contributed by atoms with Crippen molar-refractivity contribution in [2.45, 2.75) is 12.6 Å². The van der Waals surface area contributed by atoms with Crippen molar-refractivity contribution in [3.63, 3.8) is 0 Å². The second kappa shape index (κ2) is 5.51. The molecule has 0 aliphatic rings. The van der Waals surface area contributed by atoms with E-state index in [1.165, 1.54) is 0 Å². The van der Waals surface area contributed by atoms with Crippen molar-refractivity contribution >= 4 is 17.8 Å². The molecule has 0 unspecified atom stereocenters. The fourth-order valence-electron chi connectivity index (χ4n) is 2.07. The zero-order valence-corrected chi connectivity index (χ0v) is 11.3. The average molecular weight is 260 g/mol. The van der Waals surface area contributed by atoms with Crippen molar-refractivity contribution in [2.75, 3.05) is 6.61 Å². The fraction of sp³-hybridized carbons (Fsp3) is 0.200. The molecule has 2 nitrogen and oxygen atoms in total. The highest BCUT2D eigenvalue weighted by Gasteiger charge is 2.32. The summed E-state index contributed by atoms with van der Waals surface area (Å²) in [6, 6.07) is 18.8. The van der Waals surface area contributed by atoms with Crippen LogP contribution in [0.3, 0.4) is 0 Å². The van der Waals surface area contributed by atoms with Gasteiger partial charge in [0.15, 0.2) is 0 Å². The Kier molecular flexibility index (Phi) is 4.00. The number of aliphatic hydroxyl groups excluding tert-OH is 1. The van der Waals surface area contributed by atoms with Gasteiger partial charge in [-0.25, -0.2) is 0 Å². The molecule has 1 N–H and O–H groups in total. The van der Waals surface area contributed by atoms with Crippen LogP contribution in [0.25, 0.3) is 0 Å². The molecule has 0 saturated carbocycles. The molecule has 0 aromatic heterocycles. The standard InChI is InChI=1S/C15H17O2P/c1-13(12-16)18(17,14-8-4-2-5-9-14)15-10-6-3-7-11-15/h2-11,13,16H,12H2,1H3/t13-/m0/s1. The summed E-state index contributed by atoms with van der Waals surface area (Å²) in [4.78, 5) is 0. The molecule has 94 valence electrons. The number of benzene rings is 2. The van der Waals surface area contributed by atoms with Crippen LogP contribution in [0.4, 0.5) is 0 Å². The van der Waals surface area contributed by atoms with Gasteiger partial charge in [0.1, 0.15) is 7.14 Å². The Labute approximate surface area is 108 Å². The Morgan fingerprint density at radius 2 is 1.33 bits per heavy atom. The molecule has 0 spiro atoms. The smallest absolute Gasteiger partial charge is 0.148 e. The highest BCUT2D eigenvalue weighted by Crippen LogP contribution is 2.48. The lowest BCUT2D eigenvalue weighted by molar-refractivity contribution is 0.296. The zero-order valence-electron chi connectivity index (χ0n) is 10.4. The summed E-state index contributed by atoms with van der Waals surface area (Å²) in [5, 5.41) is 11.0. The molecule has 0 radical (unpaired) electrons. The summed E-state index contributed by atoms with van der Waals surface area (Å²) < 4.78 is 13.4. The third-order valence-electron chi connectivity index (χ3n) is 3.16. The average Bonchev–Trinajstić information content (AvgIpc) is 2.47. The van der Waals surface area contributed by atoms with E-state index >= 15 is 0 Å². The number of rotatable bonds is 4. The van der Waals surface area contributed by atoms with Gasteiger partial charge in [0.2, 0.25) is 0 Å². The van der Waals surface area contributed by atoms with E-state index in [4.69, 9.17) is 0 Å². The van der Waals surface area contributed by atoms with Crippen molar-refractivity contribution in [3.8, 4) is 0 Å². The molecule has 0 fully saturated rings. The second-order valence-electron chi connectivity index (χ2n) is 4.36. The predicted molar refractivity (Wildman–Crippen MR) is 76.3 cm³/mol. The molecular weight excluding hydrogens is 243 g/mol. The normalized spacial score (nSPS) is 13.2. The highest BCUT2D eigenvalue weighted by atomic mass is 31.2. The number of aliphatic hydroxyl groups is 1. The minimum Gasteiger partial charge on any atom is -0.396 e. The molecule has 0 heterocycles. The molecule has 2 aromatic carbocycles. The SMILES string of the molecule is C[C@@H](CO)P(=O)(c1ccccc1)c1ccccc1. The van der Waals surface area contributed by atoms with Gasteiger partial charge in [-0.1, -0.05) is 67.6 Å². The van der Waals surface area contributed by atoms with E-state index in [9.17, 15) is 9.67 Å². The maximum atomic E-state index is 13.4. The van der Waals surface area contributed by atoms with Gasteiger partial charge < -0.3 is 9.67 Å². The fourth-order valence-corrected chi connectivity index (χ4v) is 4.85. The summed E-state index contributed by atoms with van der Waals surface area (Å²) in [6.45, 7) is 1.75. The van der Waals surface area contributed by atoms with E-state index in [1.54, 1.807) is 0 Å². The van der Waals surface area contributed by atoms with Crippen LogP contribution in [0.15, 0.2) is 60.7 Å². The quantitative estimate of drug-likeness (QED) is 0.857. The lowest BCUT2D eigenvalue weighted by Crippen LogP contribution is -2.26. The second-order valence-corrected chi connectivity index (χ2v) is 7.59. The van der Waals surface area contributed by atoms with Gasteiger partial charge in [-0.3, -0.25) is 0 Å². The molecule has 0 aliphatic carbocycles. The van der Waals surface area contributed by atoms with Crippen molar-refractivity contribution in [1.29, 1.82) is 0 Å². The third kappa shape index (κ3) is 2.27. The van der Waals surface area contributed by atoms with Crippen molar-refractivity contribution in [3.05, 3.63) is 60.7 Å². The summed E-state index contributed by atoms with van der Waals surface area (Å²) in [5.74, 6) is 0. The lowest BCUT2D eigenvalue weighted by Gasteiger charge is -2.24. The summed E-state index contributed by atoms with van der Waals surface area (Å²) in [7, 11) is -2.77. The topological polar surface area (TPSA) is 37.3 Å². The summed E-state index contributed by atoms with van der Waals surface area (Å²) in [5.41, 5.74) is -0.276. The molecule has 0 saturated heterocycles. The predicted octanol–water partition coefficient (Wildman–Crippen LogP) is 2.38. The summed E-state index contributed by atoms with van der Waals surface area (Å²) in [6.07, 6.45) is 0. The molecule has 0 bridgehead atoms. The summed E-state index contributed by atoms with van der Waals surface area (Å²) >= 11 is 0. The van der Waals surface area contributed by atoms with Crippen LogP contribution in [-0.2, 0) is 4.57 Å². The van der Waals surface area contributed by atoms with Crippen LogP contribution in [0.5, 0.6) is 0 Å². The minimum atomic E-state index is -2.77. The van der Waals surface area contributed by atoms with Gasteiger partial charge >= 0.3 is 0 Å². The van der Waals surface area contributed by atoms with Crippen LogP contribution in [-0.4, -0.2) is 17.4 Å². The largest absolute Gasteiger partial charge is 0.396 e. The molecule has 2 aromatic rings. The van der Waals surface area contributed by atoms with Gasteiger partial charge in [0.05, 0.1) is 6.61 Å². The molecule has 0 aliphatic heterocycles. The van der Waals surface area contributed by atoms with Gasteiger partial charge in [0.25, 0.3) is 0 Å². The van der Waals surface area contributed by atoms with E-state index < -0.39 is 7.14 Å². The maximum absolute atomic E-state index is 13.4. The maximum Gasteiger partial charge on any atom is 0.148 e. The number of hydrogen-bond donors (Lipinski definition) is 1. The first kappa shape index (κ1) is 13.1. The molecule has 0 amide bonds. The third-order valence-corrected chi connectivity index (χ3v) is 6.70. The Morgan fingerprint density at radius 3 is 1.67 bits per heavy atom. The first-order valence-electron chi connectivity index (χ1n) is 6.01. The minimum absolute atomic E-state index is 0.0823. The van der Waals surface area contributed by atoms with E-state index in [-0.39, 0.29) is 12.3 Å². The highest BCUT2D eigenvalue weighted by molar-refractivity contribution is 7.79. The van der Waals surface area contributed by atoms with E-state index in [0.29, 0.717) is 0 Å². The Morgan fingerprint density at radius 1 is 0.944 bits per heavy atom. The molecular formula is C15H17O2P. The van der Waals surface area contributed by atoms with Crippen molar-refractivity contribution in [2.24, 2.45) is 0 Å². The van der Waals surface area contributed by atoms with E-state index in [0.717, 1.165) is 10.6 Å². The Bertz CT molecular complexity index is 493. The van der Waals surface area contributed by atoms with Crippen molar-refractivity contribution < 1.29 is 9.67 Å². The van der Waals surface area contributed by atoms with Gasteiger partial charge in [-0.2, -0.15) is 0 Å². The van der Waals surface area contributed by atoms with Crippen LogP contribution in [0, 0.1) is 0 Å². The van der Waals surface area contributed by atoms with Crippen LogP contribution >= 0.6 is 7.14 Å². The molecule has 2 rings (SSSR count). The van der Waals surface area contributed by atoms with Gasteiger partial charge in [0, 0.05) is 16.3 Å². The van der Waals surface area contributed by atoms with Crippen LogP contribution in [0.2, 0.25) is 0 Å². The van der Waals surface area contributed by atoms with Gasteiger partial charge in [-0.05, 0) is 0 Å². The Balaban J connectivity index is 2.59. The van der Waals surface area contributed by atoms with Gasteiger partial charge in [-0.15, -0.1) is 0 Å². The molecule has 1 atom stereocenters. The van der Waals surface area contributed by atoms with Crippen LogP contribution < -0.4 is 10.6 Å². The van der Waals surface area contributed by atoms with E-state index in [1.807, 2.05) is 67.6 Å². The molecule has 3 heteroatoms. The lowest BCUT2D eigenvalue weighted by atomic mass is 10.4. The Hall–Kier alpha value is -1.37. The zero-order chi connectivity index (χ0) is 13.0. The number of hydrogen-bond acceptors (Lipinski definition) is 2. The van der Waals surface area contributed by atoms with Crippen molar-refractivity contribution in [1.82, 2.24) is 0 Å². The first-order valence-corrected chi connectivity index (χ1v) is 7.79.